The summed E-state index contributed by atoms with van der Waals surface area (Å²) in [6.45, 7) is 0.297. The highest BCUT2D eigenvalue weighted by molar-refractivity contribution is 14.1. The summed E-state index contributed by atoms with van der Waals surface area (Å²) in [7, 11) is 0. The average molecular weight is 398 g/mol. The van der Waals surface area contributed by atoms with Crippen molar-refractivity contribution < 1.29 is 4.79 Å². The predicted molar refractivity (Wildman–Crippen MR) is 88.3 cm³/mol. The molecule has 1 aromatic carbocycles. The molecule has 0 amide bonds. The highest BCUT2D eigenvalue weighted by atomic mass is 127. The van der Waals surface area contributed by atoms with E-state index in [2.05, 4.69) is 22.6 Å². The van der Waals surface area contributed by atoms with Crippen LogP contribution in [0.2, 0.25) is 0 Å². The standard InChI is InChI=1S/C15H15IN2OS/c16-11-7-5-10(6-8-11)13(19)9-18-12-3-1-2-4-14(12)20-15(18)17/h5-8,17H,1-4,9H2. The van der Waals surface area contributed by atoms with E-state index in [1.807, 2.05) is 28.8 Å². The van der Waals surface area contributed by atoms with Gasteiger partial charge in [-0.05, 0) is 60.4 Å². The molecule has 1 aliphatic carbocycles. The van der Waals surface area contributed by atoms with E-state index >= 15 is 0 Å². The van der Waals surface area contributed by atoms with Crippen molar-refractivity contribution in [2.45, 2.75) is 32.2 Å². The first-order chi connectivity index (χ1) is 9.65. The number of nitrogens with zero attached hydrogens (tertiary/aromatic N) is 1. The molecule has 0 saturated heterocycles. The average Bonchev–Trinajstić information content (AvgIpc) is 2.76. The third-order valence-electron chi connectivity index (χ3n) is 3.65. The van der Waals surface area contributed by atoms with E-state index in [-0.39, 0.29) is 5.78 Å². The second kappa shape index (κ2) is 5.81. The number of aryl methyl sites for hydroxylation is 1. The number of carbonyl (C=O) groups excluding carboxylic acids is 1. The molecular weight excluding hydrogens is 383 g/mol. The molecule has 3 nitrogen and oxygen atoms in total. The summed E-state index contributed by atoms with van der Waals surface area (Å²) in [5.74, 6) is 0.0890. The van der Waals surface area contributed by atoms with E-state index < -0.39 is 0 Å². The first kappa shape index (κ1) is 14.0. The quantitative estimate of drug-likeness (QED) is 0.625. The van der Waals surface area contributed by atoms with Crippen molar-refractivity contribution in [1.82, 2.24) is 4.57 Å². The van der Waals surface area contributed by atoms with Crippen molar-refractivity contribution in [3.63, 3.8) is 0 Å². The number of ketones is 1. The molecule has 0 aliphatic heterocycles. The van der Waals surface area contributed by atoms with Crippen molar-refractivity contribution in [2.24, 2.45) is 0 Å². The van der Waals surface area contributed by atoms with Gasteiger partial charge in [0.1, 0.15) is 0 Å². The smallest absolute Gasteiger partial charge is 0.182 e. The molecule has 5 heteroatoms. The molecule has 1 heterocycles. The molecule has 0 saturated carbocycles. The molecule has 0 fully saturated rings. The highest BCUT2D eigenvalue weighted by Crippen LogP contribution is 2.23. The number of hydrogen-bond acceptors (Lipinski definition) is 3. The second-order valence-electron chi connectivity index (χ2n) is 5.00. The van der Waals surface area contributed by atoms with Gasteiger partial charge in [-0.3, -0.25) is 10.2 Å². The zero-order valence-electron chi connectivity index (χ0n) is 11.0. The Morgan fingerprint density at radius 3 is 2.70 bits per heavy atom. The summed E-state index contributed by atoms with van der Waals surface area (Å²) in [6, 6.07) is 7.63. The van der Waals surface area contributed by atoms with Crippen LogP contribution in [-0.2, 0) is 19.4 Å². The number of rotatable bonds is 3. The summed E-state index contributed by atoms with van der Waals surface area (Å²) in [5, 5.41) is 8.08. The SMILES string of the molecule is N=c1sc2c(n1CC(=O)c1ccc(I)cc1)CCCC2. The molecule has 3 rings (SSSR count). The van der Waals surface area contributed by atoms with Crippen LogP contribution in [0.25, 0.3) is 0 Å². The Balaban J connectivity index is 1.88. The number of halogens is 1. The maximum Gasteiger partial charge on any atom is 0.182 e. The summed E-state index contributed by atoms with van der Waals surface area (Å²) in [4.78, 5) is 14.2. The third kappa shape index (κ3) is 2.74. The fourth-order valence-electron chi connectivity index (χ4n) is 2.59. The zero-order valence-corrected chi connectivity index (χ0v) is 14.0. The summed E-state index contributed by atoms with van der Waals surface area (Å²) in [5.41, 5.74) is 1.94. The van der Waals surface area contributed by atoms with Crippen LogP contribution in [-0.4, -0.2) is 10.4 Å². The van der Waals surface area contributed by atoms with Gasteiger partial charge < -0.3 is 4.57 Å². The van der Waals surface area contributed by atoms with E-state index in [1.165, 1.54) is 34.7 Å². The molecule has 1 aliphatic rings. The van der Waals surface area contributed by atoms with Crippen molar-refractivity contribution >= 4 is 39.7 Å². The Hall–Kier alpha value is -0.950. The maximum atomic E-state index is 12.4. The van der Waals surface area contributed by atoms with Crippen molar-refractivity contribution in [3.8, 4) is 0 Å². The van der Waals surface area contributed by atoms with Gasteiger partial charge in [0.2, 0.25) is 0 Å². The van der Waals surface area contributed by atoms with Crippen LogP contribution >= 0.6 is 33.9 Å². The van der Waals surface area contributed by atoms with Gasteiger partial charge in [0.05, 0.1) is 6.54 Å². The molecule has 0 atom stereocenters. The highest BCUT2D eigenvalue weighted by Gasteiger charge is 2.18. The van der Waals surface area contributed by atoms with Crippen LogP contribution in [0.1, 0.15) is 33.8 Å². The molecule has 1 aromatic heterocycles. The third-order valence-corrected chi connectivity index (χ3v) is 5.47. The minimum absolute atomic E-state index is 0.0890. The maximum absolute atomic E-state index is 12.4. The zero-order chi connectivity index (χ0) is 14.1. The van der Waals surface area contributed by atoms with E-state index in [1.54, 1.807) is 0 Å². The molecule has 20 heavy (non-hydrogen) atoms. The molecule has 104 valence electrons. The Morgan fingerprint density at radius 1 is 1.25 bits per heavy atom. The molecule has 0 spiro atoms. The fourth-order valence-corrected chi connectivity index (χ4v) is 4.04. The van der Waals surface area contributed by atoms with Gasteiger partial charge in [-0.2, -0.15) is 0 Å². The van der Waals surface area contributed by atoms with Gasteiger partial charge in [-0.15, -0.1) is 11.3 Å². The number of aromatic nitrogens is 1. The lowest BCUT2D eigenvalue weighted by Gasteiger charge is -2.14. The number of hydrogen-bond donors (Lipinski definition) is 1. The molecule has 0 bridgehead atoms. The van der Waals surface area contributed by atoms with Gasteiger partial charge in [-0.1, -0.05) is 12.1 Å². The molecule has 0 unspecified atom stereocenters. The molecule has 2 aromatic rings. The second-order valence-corrected chi connectivity index (χ2v) is 7.33. The summed E-state index contributed by atoms with van der Waals surface area (Å²) in [6.07, 6.45) is 4.44. The van der Waals surface area contributed by atoms with E-state index in [4.69, 9.17) is 5.41 Å². The molecule has 1 N–H and O–H groups in total. The van der Waals surface area contributed by atoms with Crippen molar-refractivity contribution in [2.75, 3.05) is 0 Å². The number of carbonyl (C=O) groups is 1. The summed E-state index contributed by atoms with van der Waals surface area (Å²) < 4.78 is 3.03. The van der Waals surface area contributed by atoms with Gasteiger partial charge in [0, 0.05) is 19.7 Å². The fraction of sp³-hybridized carbons (Fsp3) is 0.333. The lowest BCUT2D eigenvalue weighted by molar-refractivity contribution is 0.0969. The van der Waals surface area contributed by atoms with Gasteiger partial charge in [0.15, 0.2) is 10.6 Å². The molecule has 0 radical (unpaired) electrons. The lowest BCUT2D eigenvalue weighted by Crippen LogP contribution is -2.22. The van der Waals surface area contributed by atoms with Crippen LogP contribution < -0.4 is 4.80 Å². The Morgan fingerprint density at radius 2 is 1.95 bits per heavy atom. The number of Topliss-reactive ketones (excluding diaryl/α,β-unsaturated/α-hetero) is 1. The number of thiazole rings is 1. The van der Waals surface area contributed by atoms with Gasteiger partial charge in [-0.25, -0.2) is 0 Å². The van der Waals surface area contributed by atoms with Gasteiger partial charge in [0.25, 0.3) is 0 Å². The minimum atomic E-state index is 0.0890. The normalized spacial score (nSPS) is 14.1. The number of benzene rings is 1. The van der Waals surface area contributed by atoms with E-state index in [9.17, 15) is 4.79 Å². The van der Waals surface area contributed by atoms with Crippen LogP contribution in [0, 0.1) is 8.98 Å². The Kier molecular flexibility index (Phi) is 4.07. The monoisotopic (exact) mass is 398 g/mol. The largest absolute Gasteiger partial charge is 0.313 e. The van der Waals surface area contributed by atoms with Crippen molar-refractivity contribution in [1.29, 1.82) is 5.41 Å². The first-order valence-electron chi connectivity index (χ1n) is 6.70. The lowest BCUT2D eigenvalue weighted by atomic mass is 10.0. The van der Waals surface area contributed by atoms with Crippen molar-refractivity contribution in [3.05, 3.63) is 48.8 Å². The number of nitrogens with one attached hydrogen (secondary N) is 1. The number of fused-ring (bicyclic) bond motifs is 1. The summed E-state index contributed by atoms with van der Waals surface area (Å²) >= 11 is 3.76. The van der Waals surface area contributed by atoms with Crippen LogP contribution in [0.15, 0.2) is 24.3 Å². The van der Waals surface area contributed by atoms with E-state index in [0.717, 1.165) is 22.0 Å². The van der Waals surface area contributed by atoms with Crippen LogP contribution in [0.3, 0.4) is 0 Å². The minimum Gasteiger partial charge on any atom is -0.313 e. The predicted octanol–water partition coefficient (Wildman–Crippen LogP) is 3.40. The topological polar surface area (TPSA) is 45.9 Å². The van der Waals surface area contributed by atoms with E-state index in [0.29, 0.717) is 11.3 Å². The molecular formula is C15H15IN2OS. The van der Waals surface area contributed by atoms with Crippen LogP contribution in [0.4, 0.5) is 0 Å². The van der Waals surface area contributed by atoms with Crippen LogP contribution in [0.5, 0.6) is 0 Å². The Labute approximate surface area is 135 Å². The van der Waals surface area contributed by atoms with Gasteiger partial charge >= 0.3 is 0 Å². The first-order valence-corrected chi connectivity index (χ1v) is 8.59. The Bertz CT molecular complexity index is 700.